The number of hydrogen-bond acceptors (Lipinski definition) is 6. The van der Waals surface area contributed by atoms with Crippen molar-refractivity contribution in [3.8, 4) is 0 Å². The number of carbonyl (C=O) groups is 1. The predicted octanol–water partition coefficient (Wildman–Crippen LogP) is 2.20. The van der Waals surface area contributed by atoms with Crippen molar-refractivity contribution in [2.45, 2.75) is 39.0 Å². The van der Waals surface area contributed by atoms with Crippen LogP contribution in [0.15, 0.2) is 0 Å². The topological polar surface area (TPSA) is 63.2 Å². The van der Waals surface area contributed by atoms with E-state index in [-0.39, 0.29) is 12.6 Å². The Kier molecular flexibility index (Phi) is 17.8. The van der Waals surface area contributed by atoms with Gasteiger partial charge in [0, 0.05) is 6.61 Å². The van der Waals surface area contributed by atoms with Crippen LogP contribution < -0.4 is 0 Å². The van der Waals surface area contributed by atoms with Crippen molar-refractivity contribution in [2.75, 3.05) is 60.0 Å². The number of rotatable bonds is 17. The summed E-state index contributed by atoms with van der Waals surface area (Å²) in [6.45, 7) is 6.09. The van der Waals surface area contributed by atoms with Gasteiger partial charge in [-0.25, -0.2) is 4.79 Å². The molecule has 0 fully saturated rings. The standard InChI is InChI=1S/C16H32O6/c1-3-4-5-6-7-8-19-9-10-20-11-12-21-13-14-22-15-16(17)18-2/h3-15H2,1-2H3. The zero-order chi connectivity index (χ0) is 16.3. The first-order valence-electron chi connectivity index (χ1n) is 8.19. The molecule has 6 nitrogen and oxygen atoms in total. The van der Waals surface area contributed by atoms with E-state index in [2.05, 4.69) is 11.7 Å². The Hall–Kier alpha value is -0.690. The molecule has 0 heterocycles. The molecule has 0 saturated carbocycles. The van der Waals surface area contributed by atoms with E-state index in [0.717, 1.165) is 13.0 Å². The van der Waals surface area contributed by atoms with Crippen LogP contribution >= 0.6 is 0 Å². The molecule has 0 aliphatic heterocycles. The fourth-order valence-electron chi connectivity index (χ4n) is 1.68. The normalized spacial score (nSPS) is 10.8. The van der Waals surface area contributed by atoms with Crippen LogP contribution in [0.4, 0.5) is 0 Å². The number of hydrogen-bond donors (Lipinski definition) is 0. The summed E-state index contributed by atoms with van der Waals surface area (Å²) in [4.78, 5) is 10.7. The molecule has 0 saturated heterocycles. The van der Waals surface area contributed by atoms with E-state index in [1.807, 2.05) is 0 Å². The van der Waals surface area contributed by atoms with Crippen molar-refractivity contribution in [1.29, 1.82) is 0 Å². The molecular formula is C16H32O6. The molecule has 22 heavy (non-hydrogen) atoms. The van der Waals surface area contributed by atoms with E-state index in [1.54, 1.807) is 0 Å². The minimum absolute atomic E-state index is 0.0356. The third-order valence-corrected chi connectivity index (χ3v) is 2.96. The fourth-order valence-corrected chi connectivity index (χ4v) is 1.68. The van der Waals surface area contributed by atoms with E-state index >= 15 is 0 Å². The maximum atomic E-state index is 10.7. The Bertz CT molecular complexity index is 235. The molecule has 0 radical (unpaired) electrons. The van der Waals surface area contributed by atoms with Crippen LogP contribution in [0.3, 0.4) is 0 Å². The predicted molar refractivity (Wildman–Crippen MR) is 84.1 cm³/mol. The molecule has 132 valence electrons. The maximum Gasteiger partial charge on any atom is 0.331 e. The van der Waals surface area contributed by atoms with Crippen molar-refractivity contribution in [2.24, 2.45) is 0 Å². The van der Waals surface area contributed by atoms with Crippen LogP contribution in [0, 0.1) is 0 Å². The first kappa shape index (κ1) is 21.3. The Labute approximate surface area is 134 Å². The molecular weight excluding hydrogens is 288 g/mol. The summed E-state index contributed by atoms with van der Waals surface area (Å²) in [6, 6.07) is 0. The van der Waals surface area contributed by atoms with Gasteiger partial charge in [-0.2, -0.15) is 0 Å². The van der Waals surface area contributed by atoms with Gasteiger partial charge in [0.1, 0.15) is 6.61 Å². The Balaban J connectivity index is 2.98. The quantitative estimate of drug-likeness (QED) is 0.302. The van der Waals surface area contributed by atoms with Gasteiger partial charge in [0.2, 0.25) is 0 Å². The van der Waals surface area contributed by atoms with Gasteiger partial charge < -0.3 is 23.7 Å². The van der Waals surface area contributed by atoms with Gasteiger partial charge >= 0.3 is 5.97 Å². The molecule has 0 aromatic carbocycles. The molecule has 0 aromatic rings. The van der Waals surface area contributed by atoms with Gasteiger partial charge in [0.25, 0.3) is 0 Å². The molecule has 0 aliphatic rings. The molecule has 0 unspecified atom stereocenters. The van der Waals surface area contributed by atoms with Crippen molar-refractivity contribution in [3.05, 3.63) is 0 Å². The molecule has 0 amide bonds. The van der Waals surface area contributed by atoms with E-state index < -0.39 is 0 Å². The summed E-state index contributed by atoms with van der Waals surface area (Å²) in [5.74, 6) is -0.381. The second-order valence-corrected chi connectivity index (χ2v) is 4.88. The van der Waals surface area contributed by atoms with Crippen molar-refractivity contribution < 1.29 is 28.5 Å². The van der Waals surface area contributed by atoms with Crippen LogP contribution in [0.5, 0.6) is 0 Å². The molecule has 0 spiro atoms. The second kappa shape index (κ2) is 18.4. The third kappa shape index (κ3) is 17.4. The Morgan fingerprint density at radius 2 is 1.18 bits per heavy atom. The highest BCUT2D eigenvalue weighted by Crippen LogP contribution is 2.02. The van der Waals surface area contributed by atoms with Crippen LogP contribution in [-0.2, 0) is 28.5 Å². The molecule has 6 heteroatoms. The van der Waals surface area contributed by atoms with E-state index in [1.165, 1.54) is 32.8 Å². The minimum atomic E-state index is -0.381. The first-order chi connectivity index (χ1) is 10.8. The SMILES string of the molecule is CCCCCCCOCCOCCOCCOCC(=O)OC. The van der Waals surface area contributed by atoms with E-state index in [0.29, 0.717) is 39.6 Å². The van der Waals surface area contributed by atoms with Gasteiger partial charge in [-0.1, -0.05) is 32.6 Å². The summed E-state index contributed by atoms with van der Waals surface area (Å²) in [5, 5.41) is 0. The summed E-state index contributed by atoms with van der Waals surface area (Å²) in [7, 11) is 1.33. The fraction of sp³-hybridized carbons (Fsp3) is 0.938. The van der Waals surface area contributed by atoms with Crippen molar-refractivity contribution >= 4 is 5.97 Å². The number of ether oxygens (including phenoxy) is 5. The zero-order valence-electron chi connectivity index (χ0n) is 14.1. The van der Waals surface area contributed by atoms with Crippen LogP contribution in [-0.4, -0.2) is 65.9 Å². The lowest BCUT2D eigenvalue weighted by molar-refractivity contribution is -0.146. The molecule has 0 rings (SSSR count). The van der Waals surface area contributed by atoms with Crippen LogP contribution in [0.1, 0.15) is 39.0 Å². The molecule has 0 bridgehead atoms. The second-order valence-electron chi connectivity index (χ2n) is 4.88. The summed E-state index contributed by atoms with van der Waals surface area (Å²) in [6.07, 6.45) is 6.28. The summed E-state index contributed by atoms with van der Waals surface area (Å²) >= 11 is 0. The maximum absolute atomic E-state index is 10.7. The lowest BCUT2D eigenvalue weighted by Crippen LogP contribution is -2.15. The Morgan fingerprint density at radius 1 is 0.682 bits per heavy atom. The highest BCUT2D eigenvalue weighted by Gasteiger charge is 1.98. The summed E-state index contributed by atoms with van der Waals surface area (Å²) in [5.41, 5.74) is 0. The molecule has 0 atom stereocenters. The molecule has 0 N–H and O–H groups in total. The average molecular weight is 320 g/mol. The minimum Gasteiger partial charge on any atom is -0.467 e. The monoisotopic (exact) mass is 320 g/mol. The number of carbonyl (C=O) groups excluding carboxylic acids is 1. The van der Waals surface area contributed by atoms with Gasteiger partial charge in [-0.15, -0.1) is 0 Å². The highest BCUT2D eigenvalue weighted by atomic mass is 16.6. The Morgan fingerprint density at radius 3 is 1.73 bits per heavy atom. The molecule has 0 aromatic heterocycles. The van der Waals surface area contributed by atoms with Crippen molar-refractivity contribution in [1.82, 2.24) is 0 Å². The zero-order valence-corrected chi connectivity index (χ0v) is 14.1. The number of esters is 1. The van der Waals surface area contributed by atoms with Crippen molar-refractivity contribution in [3.63, 3.8) is 0 Å². The third-order valence-electron chi connectivity index (χ3n) is 2.96. The van der Waals surface area contributed by atoms with E-state index in [9.17, 15) is 4.79 Å². The number of methoxy groups -OCH3 is 1. The lowest BCUT2D eigenvalue weighted by atomic mass is 10.2. The smallest absolute Gasteiger partial charge is 0.331 e. The number of unbranched alkanes of at least 4 members (excludes halogenated alkanes) is 4. The molecule has 0 aliphatic carbocycles. The largest absolute Gasteiger partial charge is 0.467 e. The van der Waals surface area contributed by atoms with Crippen LogP contribution in [0.2, 0.25) is 0 Å². The summed E-state index contributed by atoms with van der Waals surface area (Å²) < 4.78 is 25.6. The van der Waals surface area contributed by atoms with Crippen LogP contribution in [0.25, 0.3) is 0 Å². The average Bonchev–Trinajstić information content (AvgIpc) is 2.54. The first-order valence-corrected chi connectivity index (χ1v) is 8.19. The lowest BCUT2D eigenvalue weighted by Gasteiger charge is -2.07. The van der Waals surface area contributed by atoms with Gasteiger partial charge in [-0.3, -0.25) is 0 Å². The van der Waals surface area contributed by atoms with Gasteiger partial charge in [0.05, 0.1) is 46.8 Å². The highest BCUT2D eigenvalue weighted by molar-refractivity contribution is 5.70. The van der Waals surface area contributed by atoms with Gasteiger partial charge in [-0.05, 0) is 6.42 Å². The van der Waals surface area contributed by atoms with Gasteiger partial charge in [0.15, 0.2) is 0 Å². The van der Waals surface area contributed by atoms with E-state index in [4.69, 9.17) is 18.9 Å².